The molecule has 4 unspecified atom stereocenters. The Balaban J connectivity index is 1.00. The lowest BCUT2D eigenvalue weighted by atomic mass is 9.91. The predicted molar refractivity (Wildman–Crippen MR) is 207 cm³/mol. The number of carbonyl (C=O) groups excluding carboxylic acids is 2. The first-order chi connectivity index (χ1) is 25.2. The van der Waals surface area contributed by atoms with Gasteiger partial charge in [0.05, 0.1) is 35.0 Å². The van der Waals surface area contributed by atoms with Crippen molar-refractivity contribution in [3.8, 4) is 22.4 Å². The Kier molecular flexibility index (Phi) is 8.47. The van der Waals surface area contributed by atoms with Crippen molar-refractivity contribution in [2.45, 2.75) is 116 Å². The van der Waals surface area contributed by atoms with Crippen molar-refractivity contribution in [2.75, 3.05) is 6.54 Å². The number of hydrogen-bond acceptors (Lipinski definition) is 4. The van der Waals surface area contributed by atoms with E-state index in [9.17, 15) is 9.59 Å². The van der Waals surface area contributed by atoms with E-state index in [1.54, 1.807) is 0 Å². The van der Waals surface area contributed by atoms with Gasteiger partial charge in [0, 0.05) is 36.4 Å². The normalized spacial score (nSPS) is 22.8. The largest absolute Gasteiger partial charge is 0.340 e. The molecule has 2 aliphatic carbocycles. The van der Waals surface area contributed by atoms with E-state index in [1.165, 1.54) is 46.0 Å². The van der Waals surface area contributed by atoms with Crippen molar-refractivity contribution in [3.05, 3.63) is 71.4 Å². The fourth-order valence-corrected chi connectivity index (χ4v) is 10.2. The van der Waals surface area contributed by atoms with E-state index < -0.39 is 0 Å². The molecule has 4 atom stereocenters. The van der Waals surface area contributed by atoms with Gasteiger partial charge in [0.25, 0.3) is 0 Å². The molecule has 2 aliphatic heterocycles. The van der Waals surface area contributed by atoms with Gasteiger partial charge in [-0.3, -0.25) is 9.59 Å². The minimum absolute atomic E-state index is 0.0177. The number of likely N-dealkylation sites (tertiary alicyclic amines) is 2. The highest BCUT2D eigenvalue weighted by molar-refractivity contribution is 6.05. The van der Waals surface area contributed by atoms with Gasteiger partial charge in [-0.2, -0.15) is 0 Å². The van der Waals surface area contributed by atoms with E-state index in [1.807, 2.05) is 11.1 Å². The van der Waals surface area contributed by atoms with Crippen LogP contribution in [0.15, 0.2) is 48.7 Å². The third-order valence-electron chi connectivity index (χ3n) is 12.5. The molecule has 8 heteroatoms. The average molecular weight is 697 g/mol. The van der Waals surface area contributed by atoms with Crippen LogP contribution in [0.5, 0.6) is 0 Å². The standard InChI is InChI=1S/C44H52N6O2/c1-25(2)20-40(51)49-19-7-12-38(49)44-46-35-18-14-28-22-27(13-15-31(28)42(35)48-44)30-16-17-34(33-10-6-9-32(30)33)36-24-45-43(47-36)39-23-29-8-5-11-37(29)50(39)41(52)21-26(3)4/h13-18,22,24-26,29,37-39H,5-12,19-21,23H2,1-4H3,(H,45,47)(H,46,48). The van der Waals surface area contributed by atoms with Gasteiger partial charge in [0.1, 0.15) is 11.6 Å². The van der Waals surface area contributed by atoms with Gasteiger partial charge < -0.3 is 19.8 Å². The summed E-state index contributed by atoms with van der Waals surface area (Å²) in [5.74, 6) is 3.66. The number of nitrogens with one attached hydrogen (secondary N) is 2. The monoisotopic (exact) mass is 696 g/mol. The first-order valence-corrected chi connectivity index (χ1v) is 20.0. The van der Waals surface area contributed by atoms with E-state index in [4.69, 9.17) is 9.97 Å². The molecular weight excluding hydrogens is 645 g/mol. The van der Waals surface area contributed by atoms with Crippen molar-refractivity contribution in [1.82, 2.24) is 29.7 Å². The topological polar surface area (TPSA) is 98.0 Å². The quantitative estimate of drug-likeness (QED) is 0.169. The molecule has 1 saturated carbocycles. The zero-order chi connectivity index (χ0) is 35.7. The molecule has 4 heterocycles. The van der Waals surface area contributed by atoms with Crippen LogP contribution in [0.25, 0.3) is 44.2 Å². The van der Waals surface area contributed by atoms with Crippen molar-refractivity contribution >= 4 is 33.6 Å². The van der Waals surface area contributed by atoms with Crippen molar-refractivity contribution in [1.29, 1.82) is 0 Å². The van der Waals surface area contributed by atoms with E-state index in [0.717, 1.165) is 85.3 Å². The van der Waals surface area contributed by atoms with Crippen LogP contribution in [0.1, 0.15) is 120 Å². The van der Waals surface area contributed by atoms with Crippen LogP contribution >= 0.6 is 0 Å². The lowest BCUT2D eigenvalue weighted by molar-refractivity contribution is -0.135. The summed E-state index contributed by atoms with van der Waals surface area (Å²) in [5.41, 5.74) is 9.71. The maximum atomic E-state index is 13.5. The van der Waals surface area contributed by atoms with Crippen LogP contribution in [0.4, 0.5) is 0 Å². The lowest BCUT2D eigenvalue weighted by Crippen LogP contribution is -2.38. The van der Waals surface area contributed by atoms with E-state index in [-0.39, 0.29) is 23.9 Å². The zero-order valence-electron chi connectivity index (χ0n) is 31.2. The second kappa shape index (κ2) is 13.2. The van der Waals surface area contributed by atoms with Crippen LogP contribution in [0.3, 0.4) is 0 Å². The third-order valence-corrected chi connectivity index (χ3v) is 12.5. The van der Waals surface area contributed by atoms with Crippen molar-refractivity contribution < 1.29 is 9.59 Å². The van der Waals surface area contributed by atoms with Crippen LogP contribution in [0, 0.1) is 17.8 Å². The summed E-state index contributed by atoms with van der Waals surface area (Å²) in [4.78, 5) is 48.2. The molecule has 2 aromatic heterocycles. The molecule has 0 radical (unpaired) electrons. The van der Waals surface area contributed by atoms with Gasteiger partial charge in [-0.1, -0.05) is 64.4 Å². The Bertz CT molecular complexity index is 2180. The smallest absolute Gasteiger partial charge is 0.223 e. The van der Waals surface area contributed by atoms with Crippen LogP contribution < -0.4 is 0 Å². The van der Waals surface area contributed by atoms with Gasteiger partial charge in [-0.05, 0) is 109 Å². The van der Waals surface area contributed by atoms with Crippen LogP contribution in [-0.2, 0) is 22.4 Å². The molecule has 3 aromatic carbocycles. The number of nitrogens with zero attached hydrogens (tertiary/aromatic N) is 4. The van der Waals surface area contributed by atoms with Crippen LogP contribution in [0.2, 0.25) is 0 Å². The van der Waals surface area contributed by atoms with Gasteiger partial charge in [0.2, 0.25) is 11.8 Å². The summed E-state index contributed by atoms with van der Waals surface area (Å²) in [5, 5.41) is 2.31. The molecule has 52 heavy (non-hydrogen) atoms. The molecule has 4 aliphatic rings. The second-order valence-corrected chi connectivity index (χ2v) is 16.9. The minimum Gasteiger partial charge on any atom is -0.340 e. The van der Waals surface area contributed by atoms with Gasteiger partial charge in [-0.15, -0.1) is 0 Å². The molecule has 0 bridgehead atoms. The van der Waals surface area contributed by atoms with Crippen LogP contribution in [-0.4, -0.2) is 54.1 Å². The molecule has 2 saturated heterocycles. The number of rotatable bonds is 8. The average Bonchev–Trinajstić information content (AvgIpc) is 3.96. The fraction of sp³-hybridized carbons (Fsp3) is 0.500. The summed E-state index contributed by atoms with van der Waals surface area (Å²) >= 11 is 0. The number of H-pyrrole nitrogens is 2. The SMILES string of the molecule is CC(C)CC(=O)N1CCCC1c1nc2c(ccc3cc(-c4ccc(-c5cnc(C6CC7CCCC7N6C(=O)CC(C)C)[nH]5)c5c4CCC5)ccc32)[nH]1. The summed E-state index contributed by atoms with van der Waals surface area (Å²) in [6, 6.07) is 16.2. The van der Waals surface area contributed by atoms with E-state index >= 15 is 0 Å². The minimum atomic E-state index is 0.0177. The highest BCUT2D eigenvalue weighted by atomic mass is 16.2. The number of hydrogen-bond donors (Lipinski definition) is 2. The number of amides is 2. The van der Waals surface area contributed by atoms with E-state index in [2.05, 4.69) is 85.0 Å². The Morgan fingerprint density at radius 1 is 0.808 bits per heavy atom. The predicted octanol–water partition coefficient (Wildman–Crippen LogP) is 9.46. The fourth-order valence-electron chi connectivity index (χ4n) is 10.2. The van der Waals surface area contributed by atoms with E-state index in [0.29, 0.717) is 36.6 Å². The molecule has 2 amide bonds. The Morgan fingerprint density at radius 2 is 1.60 bits per heavy atom. The molecule has 270 valence electrons. The highest BCUT2D eigenvalue weighted by Crippen LogP contribution is 2.48. The molecule has 9 rings (SSSR count). The van der Waals surface area contributed by atoms with Gasteiger partial charge >= 0.3 is 0 Å². The Labute approximate surface area is 306 Å². The Hall–Kier alpha value is -4.46. The first kappa shape index (κ1) is 33.4. The maximum Gasteiger partial charge on any atom is 0.223 e. The summed E-state index contributed by atoms with van der Waals surface area (Å²) in [6.45, 7) is 9.30. The van der Waals surface area contributed by atoms with Gasteiger partial charge in [-0.25, -0.2) is 9.97 Å². The van der Waals surface area contributed by atoms with Gasteiger partial charge in [0.15, 0.2) is 0 Å². The molecule has 8 nitrogen and oxygen atoms in total. The second-order valence-electron chi connectivity index (χ2n) is 16.9. The number of aromatic nitrogens is 4. The highest BCUT2D eigenvalue weighted by Gasteiger charge is 2.47. The zero-order valence-corrected chi connectivity index (χ0v) is 31.2. The van der Waals surface area contributed by atoms with Crippen molar-refractivity contribution in [3.63, 3.8) is 0 Å². The summed E-state index contributed by atoms with van der Waals surface area (Å²) < 4.78 is 0. The molecular formula is C44H52N6O2. The van der Waals surface area contributed by atoms with Crippen molar-refractivity contribution in [2.24, 2.45) is 17.8 Å². The number of benzene rings is 3. The molecule has 5 aromatic rings. The summed E-state index contributed by atoms with van der Waals surface area (Å²) in [6.07, 6.45) is 13.0. The number of carbonyl (C=O) groups is 2. The lowest BCUT2D eigenvalue weighted by Gasteiger charge is -2.29. The maximum absolute atomic E-state index is 13.5. The third kappa shape index (κ3) is 5.73. The number of aromatic amines is 2. The summed E-state index contributed by atoms with van der Waals surface area (Å²) in [7, 11) is 0. The number of imidazole rings is 2. The molecule has 3 fully saturated rings. The number of fused-ring (bicyclic) bond motifs is 5. The first-order valence-electron chi connectivity index (χ1n) is 20.0. The molecule has 0 spiro atoms. The Morgan fingerprint density at radius 3 is 2.42 bits per heavy atom. The molecule has 2 N–H and O–H groups in total.